The first kappa shape index (κ1) is 25.3. The number of hydrogen-bond donors (Lipinski definition) is 2. The van der Waals surface area contributed by atoms with Gasteiger partial charge in [-0.3, -0.25) is 9.69 Å². The number of aryl methyl sites for hydroxylation is 1. The molecule has 200 valence electrons. The van der Waals surface area contributed by atoms with Crippen LogP contribution in [0.1, 0.15) is 34.5 Å². The molecule has 3 amide bonds. The minimum atomic E-state index is -0.314. The van der Waals surface area contributed by atoms with Crippen molar-refractivity contribution in [2.45, 2.75) is 32.2 Å². The summed E-state index contributed by atoms with van der Waals surface area (Å²) in [7, 11) is 4.20. The molecular formula is C30H31N5O3S. The topological polar surface area (TPSA) is 86.8 Å². The Balaban J connectivity index is 1.28. The fourth-order valence-electron chi connectivity index (χ4n) is 5.79. The van der Waals surface area contributed by atoms with Crippen molar-refractivity contribution in [1.82, 2.24) is 15.2 Å². The number of nitrogens with one attached hydrogen (secondary N) is 2. The predicted octanol–water partition coefficient (Wildman–Crippen LogP) is 6.54. The molecular weight excluding hydrogens is 510 g/mol. The smallest absolute Gasteiger partial charge is 0.331 e. The molecule has 1 aliphatic heterocycles. The minimum Gasteiger partial charge on any atom is -0.457 e. The van der Waals surface area contributed by atoms with Gasteiger partial charge in [-0.1, -0.05) is 24.6 Å². The van der Waals surface area contributed by atoms with Crippen LogP contribution in [0.15, 0.2) is 60.8 Å². The van der Waals surface area contributed by atoms with Gasteiger partial charge in [0.1, 0.15) is 21.2 Å². The van der Waals surface area contributed by atoms with E-state index in [0.717, 1.165) is 35.2 Å². The van der Waals surface area contributed by atoms with Crippen LogP contribution in [0.3, 0.4) is 0 Å². The van der Waals surface area contributed by atoms with E-state index >= 15 is 0 Å². The minimum absolute atomic E-state index is 0.171. The summed E-state index contributed by atoms with van der Waals surface area (Å²) in [5.41, 5.74) is 2.86. The molecule has 8 nitrogen and oxygen atoms in total. The van der Waals surface area contributed by atoms with Gasteiger partial charge >= 0.3 is 6.03 Å². The van der Waals surface area contributed by atoms with Gasteiger partial charge in [-0.25, -0.2) is 9.78 Å². The molecule has 0 saturated heterocycles. The maximum absolute atomic E-state index is 13.5. The van der Waals surface area contributed by atoms with Gasteiger partial charge in [-0.15, -0.1) is 11.3 Å². The largest absolute Gasteiger partial charge is 0.457 e. The third kappa shape index (κ3) is 4.72. The van der Waals surface area contributed by atoms with E-state index in [9.17, 15) is 9.59 Å². The number of para-hydroxylation sites is 1. The average Bonchev–Trinajstić information content (AvgIpc) is 3.55. The van der Waals surface area contributed by atoms with Gasteiger partial charge in [-0.05, 0) is 81.7 Å². The molecule has 2 aromatic carbocycles. The third-order valence-electron chi connectivity index (χ3n) is 7.65. The molecule has 2 atom stereocenters. The number of urea groups is 1. The number of pyridine rings is 1. The Morgan fingerprint density at radius 3 is 2.72 bits per heavy atom. The fourth-order valence-corrected chi connectivity index (χ4v) is 6.83. The second kappa shape index (κ2) is 10.3. The lowest BCUT2D eigenvalue weighted by atomic mass is 10.0. The van der Waals surface area contributed by atoms with Crippen molar-refractivity contribution in [2.75, 3.05) is 30.9 Å². The lowest BCUT2D eigenvalue weighted by Gasteiger charge is -2.29. The van der Waals surface area contributed by atoms with Crippen LogP contribution in [-0.4, -0.2) is 48.5 Å². The average molecular weight is 542 g/mol. The summed E-state index contributed by atoms with van der Waals surface area (Å²) in [5.74, 6) is 1.68. The predicted molar refractivity (Wildman–Crippen MR) is 156 cm³/mol. The highest BCUT2D eigenvalue weighted by Crippen LogP contribution is 2.46. The second-order valence-electron chi connectivity index (χ2n) is 10.4. The maximum Gasteiger partial charge on any atom is 0.331 e. The van der Waals surface area contributed by atoms with Crippen LogP contribution in [0, 0.1) is 12.8 Å². The van der Waals surface area contributed by atoms with Crippen molar-refractivity contribution < 1.29 is 14.3 Å². The van der Waals surface area contributed by atoms with Crippen LogP contribution in [0.5, 0.6) is 11.5 Å². The standard InChI is InChI=1S/C30H31N5O3S/c1-18-16-21(38-20-9-5-4-6-10-20)12-13-22(18)35-24-14-15-31-29-25(24)26(33-30(35)37)27(39-29)28(36)32-17-19-8-7-11-23(19)34(2)3/h4-6,9-10,12-16,19,23H,7-8,11,17H2,1-3H3,(H,32,36)(H,33,37)/t19-,23-/m0/s1. The van der Waals surface area contributed by atoms with Gasteiger partial charge in [0.25, 0.3) is 5.91 Å². The van der Waals surface area contributed by atoms with Crippen molar-refractivity contribution >= 4 is 50.6 Å². The Kier molecular flexibility index (Phi) is 6.70. The molecule has 39 heavy (non-hydrogen) atoms. The summed E-state index contributed by atoms with van der Waals surface area (Å²) in [6.45, 7) is 2.57. The normalized spacial score (nSPS) is 18.5. The van der Waals surface area contributed by atoms with E-state index in [1.807, 2.05) is 61.5 Å². The zero-order chi connectivity index (χ0) is 27.1. The molecule has 0 spiro atoms. The number of anilines is 3. The van der Waals surface area contributed by atoms with Crippen LogP contribution < -0.4 is 20.3 Å². The highest BCUT2D eigenvalue weighted by Gasteiger charge is 2.34. The van der Waals surface area contributed by atoms with E-state index < -0.39 is 0 Å². The van der Waals surface area contributed by atoms with Crippen molar-refractivity contribution in [3.63, 3.8) is 0 Å². The number of rotatable bonds is 7. The maximum atomic E-state index is 13.5. The molecule has 0 unspecified atom stereocenters. The number of ether oxygens (including phenoxy) is 1. The first-order valence-corrected chi connectivity index (χ1v) is 14.0. The molecule has 0 bridgehead atoms. The van der Waals surface area contributed by atoms with Gasteiger partial charge in [0, 0.05) is 18.8 Å². The summed E-state index contributed by atoms with van der Waals surface area (Å²) in [6.07, 6.45) is 5.12. The van der Waals surface area contributed by atoms with Crippen LogP contribution >= 0.6 is 11.3 Å². The summed E-state index contributed by atoms with van der Waals surface area (Å²) in [5, 5.41) is 6.91. The lowest BCUT2D eigenvalue weighted by Crippen LogP contribution is -2.39. The number of amides is 3. The molecule has 2 N–H and O–H groups in total. The lowest BCUT2D eigenvalue weighted by molar-refractivity contribution is 0.0945. The summed E-state index contributed by atoms with van der Waals surface area (Å²) >= 11 is 1.31. The summed E-state index contributed by atoms with van der Waals surface area (Å²) in [4.78, 5) is 36.5. The van der Waals surface area contributed by atoms with Crippen molar-refractivity contribution in [1.29, 1.82) is 0 Å². The monoisotopic (exact) mass is 541 g/mol. The molecule has 2 aliphatic rings. The zero-order valence-electron chi connectivity index (χ0n) is 22.2. The number of hydrogen-bond acceptors (Lipinski definition) is 6. The molecule has 1 fully saturated rings. The van der Waals surface area contributed by atoms with Crippen LogP contribution in [0.25, 0.3) is 10.2 Å². The number of thiophene rings is 1. The number of nitrogens with zero attached hydrogens (tertiary/aromatic N) is 3. The van der Waals surface area contributed by atoms with E-state index in [2.05, 4.69) is 34.6 Å². The Morgan fingerprint density at radius 2 is 1.95 bits per heavy atom. The van der Waals surface area contributed by atoms with E-state index in [1.165, 1.54) is 17.8 Å². The first-order valence-electron chi connectivity index (χ1n) is 13.2. The van der Waals surface area contributed by atoms with Crippen molar-refractivity contribution in [3.8, 4) is 11.5 Å². The van der Waals surface area contributed by atoms with Crippen LogP contribution in [0.2, 0.25) is 0 Å². The number of carbonyl (C=O) groups is 2. The number of carbonyl (C=O) groups excluding carboxylic acids is 2. The van der Waals surface area contributed by atoms with Gasteiger partial charge in [0.15, 0.2) is 0 Å². The van der Waals surface area contributed by atoms with E-state index in [4.69, 9.17) is 4.74 Å². The molecule has 4 aromatic rings. The molecule has 2 aromatic heterocycles. The SMILES string of the molecule is Cc1cc(Oc2ccccc2)ccc1N1C(=O)Nc2c(C(=O)NC[C@@H]3CCC[C@@H]3N(C)C)sc3nccc1c23. The van der Waals surface area contributed by atoms with E-state index in [1.54, 1.807) is 11.1 Å². The van der Waals surface area contributed by atoms with Gasteiger partial charge in [0.2, 0.25) is 0 Å². The number of benzene rings is 2. The summed E-state index contributed by atoms with van der Waals surface area (Å²) < 4.78 is 5.98. The number of aromatic nitrogens is 1. The Labute approximate surface area is 231 Å². The van der Waals surface area contributed by atoms with E-state index in [0.29, 0.717) is 45.3 Å². The molecule has 0 radical (unpaired) electrons. The molecule has 1 saturated carbocycles. The van der Waals surface area contributed by atoms with Gasteiger partial charge in [0.05, 0.1) is 22.4 Å². The van der Waals surface area contributed by atoms with Crippen LogP contribution in [0.4, 0.5) is 21.9 Å². The molecule has 3 heterocycles. The Bertz CT molecular complexity index is 1550. The second-order valence-corrected chi connectivity index (χ2v) is 11.4. The fraction of sp³-hybridized carbons (Fsp3) is 0.300. The van der Waals surface area contributed by atoms with Crippen molar-refractivity contribution in [2.24, 2.45) is 5.92 Å². The van der Waals surface area contributed by atoms with Crippen LogP contribution in [-0.2, 0) is 0 Å². The molecule has 9 heteroatoms. The third-order valence-corrected chi connectivity index (χ3v) is 8.74. The molecule has 1 aliphatic carbocycles. The van der Waals surface area contributed by atoms with Gasteiger partial charge < -0.3 is 20.3 Å². The highest BCUT2D eigenvalue weighted by molar-refractivity contribution is 7.21. The quantitative estimate of drug-likeness (QED) is 0.277. The van der Waals surface area contributed by atoms with E-state index in [-0.39, 0.29) is 11.9 Å². The Hall–Kier alpha value is -3.95. The molecule has 6 rings (SSSR count). The van der Waals surface area contributed by atoms with Gasteiger partial charge in [-0.2, -0.15) is 0 Å². The summed E-state index contributed by atoms with van der Waals surface area (Å²) in [6, 6.07) is 17.2. The highest BCUT2D eigenvalue weighted by atomic mass is 32.1. The first-order chi connectivity index (χ1) is 18.9. The Morgan fingerprint density at radius 1 is 1.13 bits per heavy atom. The zero-order valence-corrected chi connectivity index (χ0v) is 23.0. The van der Waals surface area contributed by atoms with Crippen molar-refractivity contribution in [3.05, 3.63) is 71.2 Å².